The van der Waals surface area contributed by atoms with Gasteiger partial charge in [-0.2, -0.15) is 0 Å². The summed E-state index contributed by atoms with van der Waals surface area (Å²) in [6.07, 6.45) is 1.20. The van der Waals surface area contributed by atoms with Gasteiger partial charge in [0.15, 0.2) is 0 Å². The average Bonchev–Trinajstić information content (AvgIpc) is 2.22. The number of alkyl halides is 1. The zero-order valence-corrected chi connectivity index (χ0v) is 9.94. The molecule has 84 valence electrons. The highest BCUT2D eigenvalue weighted by Gasteiger charge is 2.29. The molecule has 0 heterocycles. The fourth-order valence-corrected chi connectivity index (χ4v) is 1.81. The van der Waals surface area contributed by atoms with E-state index in [0.717, 1.165) is 12.0 Å². The third-order valence-corrected chi connectivity index (χ3v) is 3.07. The fourth-order valence-electron chi connectivity index (χ4n) is 1.63. The molecule has 0 saturated carbocycles. The zero-order chi connectivity index (χ0) is 11.5. The molecule has 1 rings (SSSR count). The van der Waals surface area contributed by atoms with Crippen LogP contribution in [-0.4, -0.2) is 6.54 Å². The topological polar surface area (TPSA) is 26.0 Å². The Hall–Kier alpha value is -0.600. The zero-order valence-electron chi connectivity index (χ0n) is 9.19. The van der Waals surface area contributed by atoms with Crippen LogP contribution in [0.2, 0.25) is 5.02 Å². The van der Waals surface area contributed by atoms with Crippen molar-refractivity contribution in [1.29, 1.82) is 0 Å². The van der Waals surface area contributed by atoms with Gasteiger partial charge in [0.2, 0.25) is 0 Å². The van der Waals surface area contributed by atoms with Gasteiger partial charge in [-0.25, -0.2) is 4.39 Å². The van der Waals surface area contributed by atoms with Gasteiger partial charge in [-0.05, 0) is 30.5 Å². The third kappa shape index (κ3) is 2.70. The van der Waals surface area contributed by atoms with Gasteiger partial charge in [0.1, 0.15) is 5.67 Å². The first-order valence-electron chi connectivity index (χ1n) is 5.19. The lowest BCUT2D eigenvalue weighted by Crippen LogP contribution is -2.30. The average molecular weight is 230 g/mol. The first-order valence-corrected chi connectivity index (χ1v) is 5.57. The summed E-state index contributed by atoms with van der Waals surface area (Å²) in [5, 5.41) is 0.596. The van der Waals surface area contributed by atoms with Gasteiger partial charge in [0.25, 0.3) is 0 Å². The monoisotopic (exact) mass is 229 g/mol. The maximum Gasteiger partial charge on any atom is 0.148 e. The largest absolute Gasteiger partial charge is 0.327 e. The van der Waals surface area contributed by atoms with Crippen LogP contribution in [0.15, 0.2) is 18.2 Å². The molecule has 1 aromatic rings. The Morgan fingerprint density at radius 3 is 2.60 bits per heavy atom. The van der Waals surface area contributed by atoms with Gasteiger partial charge < -0.3 is 5.73 Å². The summed E-state index contributed by atoms with van der Waals surface area (Å²) in [5.41, 5.74) is 5.60. The second-order valence-electron chi connectivity index (χ2n) is 3.88. The molecule has 15 heavy (non-hydrogen) atoms. The van der Waals surface area contributed by atoms with Crippen molar-refractivity contribution in [3.05, 3.63) is 34.3 Å². The van der Waals surface area contributed by atoms with Crippen LogP contribution in [0.4, 0.5) is 4.39 Å². The SMILES string of the molecule is CCCC(F)(CN)c1ccc(C)c(Cl)c1. The molecule has 0 spiro atoms. The molecule has 1 atom stereocenters. The van der Waals surface area contributed by atoms with Crippen molar-refractivity contribution in [2.75, 3.05) is 6.54 Å². The normalized spacial score (nSPS) is 15.0. The molecule has 0 aromatic heterocycles. The summed E-state index contributed by atoms with van der Waals surface area (Å²) in [6, 6.07) is 5.28. The van der Waals surface area contributed by atoms with Crippen LogP contribution in [0.5, 0.6) is 0 Å². The Labute approximate surface area is 95.4 Å². The summed E-state index contributed by atoms with van der Waals surface area (Å²) < 4.78 is 14.4. The van der Waals surface area contributed by atoms with Gasteiger partial charge in [-0.3, -0.25) is 0 Å². The highest BCUT2D eigenvalue weighted by atomic mass is 35.5. The maximum absolute atomic E-state index is 14.4. The Bertz CT molecular complexity index is 340. The van der Waals surface area contributed by atoms with E-state index in [1.165, 1.54) is 0 Å². The van der Waals surface area contributed by atoms with Crippen LogP contribution in [0, 0.1) is 6.92 Å². The molecule has 0 aliphatic rings. The Kier molecular flexibility index (Phi) is 4.12. The lowest BCUT2D eigenvalue weighted by Gasteiger charge is -2.24. The van der Waals surface area contributed by atoms with Gasteiger partial charge in [-0.15, -0.1) is 0 Å². The number of hydrogen-bond acceptors (Lipinski definition) is 1. The maximum atomic E-state index is 14.4. The molecule has 0 amide bonds. The molecule has 0 aliphatic carbocycles. The number of benzene rings is 1. The summed E-state index contributed by atoms with van der Waals surface area (Å²) in [7, 11) is 0. The van der Waals surface area contributed by atoms with E-state index in [2.05, 4.69) is 0 Å². The minimum Gasteiger partial charge on any atom is -0.327 e. The van der Waals surface area contributed by atoms with Gasteiger partial charge >= 0.3 is 0 Å². The minimum absolute atomic E-state index is 0.000228. The molecule has 1 unspecified atom stereocenters. The number of nitrogens with two attached hydrogens (primary N) is 1. The molecular formula is C12H17ClFN. The van der Waals surface area contributed by atoms with Crippen LogP contribution in [0.25, 0.3) is 0 Å². The number of hydrogen-bond donors (Lipinski definition) is 1. The number of rotatable bonds is 4. The number of aryl methyl sites for hydroxylation is 1. The van der Waals surface area contributed by atoms with E-state index < -0.39 is 5.67 Å². The van der Waals surface area contributed by atoms with E-state index in [9.17, 15) is 4.39 Å². The third-order valence-electron chi connectivity index (χ3n) is 2.66. The smallest absolute Gasteiger partial charge is 0.148 e. The van der Waals surface area contributed by atoms with Gasteiger partial charge in [0, 0.05) is 11.6 Å². The van der Waals surface area contributed by atoms with Crippen molar-refractivity contribution in [1.82, 2.24) is 0 Å². The summed E-state index contributed by atoms with van der Waals surface area (Å²) in [4.78, 5) is 0. The molecular weight excluding hydrogens is 213 g/mol. The van der Waals surface area contributed by atoms with Crippen molar-refractivity contribution >= 4 is 11.6 Å². The molecule has 0 fully saturated rings. The first kappa shape index (κ1) is 12.5. The van der Waals surface area contributed by atoms with Crippen molar-refractivity contribution in [3.63, 3.8) is 0 Å². The van der Waals surface area contributed by atoms with Crippen LogP contribution < -0.4 is 5.73 Å². The Morgan fingerprint density at radius 1 is 1.47 bits per heavy atom. The van der Waals surface area contributed by atoms with Crippen LogP contribution in [0.1, 0.15) is 30.9 Å². The standard InChI is InChI=1S/C12H17ClFN/c1-3-6-12(14,8-15)10-5-4-9(2)11(13)7-10/h4-5,7H,3,6,8,15H2,1-2H3. The first-order chi connectivity index (χ1) is 7.03. The predicted octanol–water partition coefficient (Wildman–Crippen LogP) is 3.57. The summed E-state index contributed by atoms with van der Waals surface area (Å²) >= 11 is 5.97. The summed E-state index contributed by atoms with van der Waals surface area (Å²) in [6.45, 7) is 3.84. The van der Waals surface area contributed by atoms with Crippen molar-refractivity contribution < 1.29 is 4.39 Å². The molecule has 0 aliphatic heterocycles. The predicted molar refractivity (Wildman–Crippen MR) is 62.9 cm³/mol. The molecule has 1 nitrogen and oxygen atoms in total. The van der Waals surface area contributed by atoms with Crippen molar-refractivity contribution in [3.8, 4) is 0 Å². The second kappa shape index (κ2) is 4.95. The Morgan fingerprint density at radius 2 is 2.13 bits per heavy atom. The van der Waals surface area contributed by atoms with Crippen LogP contribution >= 0.6 is 11.6 Å². The molecule has 0 saturated heterocycles. The highest BCUT2D eigenvalue weighted by Crippen LogP contribution is 2.32. The Balaban J connectivity index is 3.07. The molecule has 1 aromatic carbocycles. The van der Waals surface area contributed by atoms with Gasteiger partial charge in [-0.1, -0.05) is 37.1 Å². The van der Waals surface area contributed by atoms with E-state index in [1.54, 1.807) is 12.1 Å². The van der Waals surface area contributed by atoms with Crippen molar-refractivity contribution in [2.24, 2.45) is 5.73 Å². The molecule has 2 N–H and O–H groups in total. The van der Waals surface area contributed by atoms with Crippen molar-refractivity contribution in [2.45, 2.75) is 32.4 Å². The fraction of sp³-hybridized carbons (Fsp3) is 0.500. The lowest BCUT2D eigenvalue weighted by molar-refractivity contribution is 0.159. The van der Waals surface area contributed by atoms with Crippen LogP contribution in [-0.2, 0) is 5.67 Å². The van der Waals surface area contributed by atoms with Crippen LogP contribution in [0.3, 0.4) is 0 Å². The van der Waals surface area contributed by atoms with E-state index in [-0.39, 0.29) is 6.54 Å². The quantitative estimate of drug-likeness (QED) is 0.839. The van der Waals surface area contributed by atoms with Gasteiger partial charge in [0.05, 0.1) is 0 Å². The minimum atomic E-state index is -1.44. The highest BCUT2D eigenvalue weighted by molar-refractivity contribution is 6.31. The van der Waals surface area contributed by atoms with E-state index in [0.29, 0.717) is 17.0 Å². The van der Waals surface area contributed by atoms with E-state index in [4.69, 9.17) is 17.3 Å². The summed E-state index contributed by atoms with van der Waals surface area (Å²) in [5.74, 6) is 0. The number of halogens is 2. The molecule has 0 radical (unpaired) electrons. The molecule has 0 bridgehead atoms. The second-order valence-corrected chi connectivity index (χ2v) is 4.29. The molecule has 3 heteroatoms. The van der Waals surface area contributed by atoms with E-state index >= 15 is 0 Å². The van der Waals surface area contributed by atoms with E-state index in [1.807, 2.05) is 19.9 Å². The lowest BCUT2D eigenvalue weighted by atomic mass is 9.91.